The van der Waals surface area contributed by atoms with Gasteiger partial charge in [0.05, 0.1) is 7.11 Å². The highest BCUT2D eigenvalue weighted by molar-refractivity contribution is 6.00. The van der Waals surface area contributed by atoms with Gasteiger partial charge in [0.1, 0.15) is 13.2 Å². The van der Waals surface area contributed by atoms with Crippen LogP contribution in [-0.2, 0) is 16.1 Å². The molecule has 0 saturated heterocycles. The monoisotopic (exact) mass is 413 g/mol. The van der Waals surface area contributed by atoms with Gasteiger partial charge in [-0.05, 0) is 50.1 Å². The molecule has 0 unspecified atom stereocenters. The Morgan fingerprint density at radius 3 is 2.67 bits per heavy atom. The van der Waals surface area contributed by atoms with Gasteiger partial charge in [-0.15, -0.1) is 0 Å². The van der Waals surface area contributed by atoms with Gasteiger partial charge in [0.15, 0.2) is 18.1 Å². The predicted molar refractivity (Wildman–Crippen MR) is 113 cm³/mol. The SMILES string of the molecule is CCCn1c(C)cc(C(=O)COC(=O)/C=C/c2cc(OC)c3c(c2)OCCO3)c1C. The summed E-state index contributed by atoms with van der Waals surface area (Å²) in [5, 5.41) is 0. The molecule has 3 rings (SSSR count). The molecule has 0 spiro atoms. The molecule has 1 aliphatic heterocycles. The van der Waals surface area contributed by atoms with Gasteiger partial charge in [-0.2, -0.15) is 0 Å². The molecule has 160 valence electrons. The van der Waals surface area contributed by atoms with Gasteiger partial charge in [-0.1, -0.05) is 6.92 Å². The first kappa shape index (κ1) is 21.5. The molecule has 0 amide bonds. The largest absolute Gasteiger partial charge is 0.493 e. The van der Waals surface area contributed by atoms with Gasteiger partial charge in [-0.25, -0.2) is 4.79 Å². The fourth-order valence-electron chi connectivity index (χ4n) is 3.47. The number of hydrogen-bond donors (Lipinski definition) is 0. The van der Waals surface area contributed by atoms with Crippen LogP contribution in [-0.4, -0.2) is 43.3 Å². The van der Waals surface area contributed by atoms with Crippen LogP contribution in [0.5, 0.6) is 17.2 Å². The molecular weight excluding hydrogens is 386 g/mol. The minimum atomic E-state index is -0.598. The van der Waals surface area contributed by atoms with E-state index in [1.54, 1.807) is 25.3 Å². The first-order valence-electron chi connectivity index (χ1n) is 9.97. The number of ether oxygens (including phenoxy) is 4. The summed E-state index contributed by atoms with van der Waals surface area (Å²) in [5.74, 6) is 0.826. The number of methoxy groups -OCH3 is 1. The number of carbonyl (C=O) groups is 2. The topological polar surface area (TPSA) is 76.0 Å². The van der Waals surface area contributed by atoms with Crippen molar-refractivity contribution in [3.8, 4) is 17.2 Å². The van der Waals surface area contributed by atoms with Crippen molar-refractivity contribution in [2.24, 2.45) is 0 Å². The molecule has 7 heteroatoms. The first-order valence-corrected chi connectivity index (χ1v) is 9.97. The molecule has 0 fully saturated rings. The minimum Gasteiger partial charge on any atom is -0.493 e. The number of benzene rings is 1. The quantitative estimate of drug-likeness (QED) is 0.373. The zero-order valence-electron chi connectivity index (χ0n) is 17.8. The molecule has 1 aromatic carbocycles. The maximum atomic E-state index is 12.5. The zero-order valence-corrected chi connectivity index (χ0v) is 17.8. The lowest BCUT2D eigenvalue weighted by atomic mass is 10.1. The van der Waals surface area contributed by atoms with Crippen molar-refractivity contribution in [3.63, 3.8) is 0 Å². The van der Waals surface area contributed by atoms with Gasteiger partial charge in [0.25, 0.3) is 0 Å². The summed E-state index contributed by atoms with van der Waals surface area (Å²) in [5.41, 5.74) is 3.21. The number of rotatable bonds is 8. The summed E-state index contributed by atoms with van der Waals surface area (Å²) in [6.45, 7) is 7.43. The van der Waals surface area contributed by atoms with Crippen LogP contribution in [0, 0.1) is 13.8 Å². The Morgan fingerprint density at radius 2 is 1.93 bits per heavy atom. The maximum Gasteiger partial charge on any atom is 0.331 e. The van der Waals surface area contributed by atoms with E-state index in [4.69, 9.17) is 18.9 Å². The molecule has 7 nitrogen and oxygen atoms in total. The molecule has 0 aliphatic carbocycles. The molecule has 1 aromatic heterocycles. The van der Waals surface area contributed by atoms with E-state index in [0.29, 0.717) is 41.6 Å². The zero-order chi connectivity index (χ0) is 21.7. The van der Waals surface area contributed by atoms with Gasteiger partial charge in [0.2, 0.25) is 11.5 Å². The lowest BCUT2D eigenvalue weighted by molar-refractivity contribution is -0.136. The van der Waals surface area contributed by atoms with E-state index in [2.05, 4.69) is 11.5 Å². The Balaban J connectivity index is 1.63. The second-order valence-corrected chi connectivity index (χ2v) is 7.05. The lowest BCUT2D eigenvalue weighted by Crippen LogP contribution is -2.16. The van der Waals surface area contributed by atoms with Crippen LogP contribution in [0.25, 0.3) is 6.08 Å². The Kier molecular flexibility index (Phi) is 6.82. The van der Waals surface area contributed by atoms with Crippen molar-refractivity contribution in [1.82, 2.24) is 4.57 Å². The van der Waals surface area contributed by atoms with E-state index in [1.807, 2.05) is 19.9 Å². The molecule has 30 heavy (non-hydrogen) atoms. The Labute approximate surface area is 176 Å². The molecule has 2 heterocycles. The molecular formula is C23H27NO6. The summed E-state index contributed by atoms with van der Waals surface area (Å²) in [7, 11) is 1.54. The molecule has 1 aliphatic rings. The van der Waals surface area contributed by atoms with Gasteiger partial charge < -0.3 is 23.5 Å². The minimum absolute atomic E-state index is 0.215. The second-order valence-electron chi connectivity index (χ2n) is 7.05. The Hall–Kier alpha value is -3.22. The summed E-state index contributed by atoms with van der Waals surface area (Å²) in [6, 6.07) is 5.35. The first-order chi connectivity index (χ1) is 14.4. The maximum absolute atomic E-state index is 12.5. The van der Waals surface area contributed by atoms with Crippen LogP contribution in [0.4, 0.5) is 0 Å². The van der Waals surface area contributed by atoms with E-state index in [9.17, 15) is 9.59 Å². The molecule has 0 saturated carbocycles. The van der Waals surface area contributed by atoms with E-state index in [0.717, 1.165) is 24.4 Å². The number of esters is 1. The third-order valence-electron chi connectivity index (χ3n) is 4.93. The van der Waals surface area contributed by atoms with Crippen LogP contribution in [0.1, 0.15) is 40.7 Å². The van der Waals surface area contributed by atoms with Crippen molar-refractivity contribution >= 4 is 17.8 Å². The number of hydrogen-bond acceptors (Lipinski definition) is 6. The number of Topliss-reactive ketones (excluding diaryl/α,β-unsaturated/α-hetero) is 1. The predicted octanol–water partition coefficient (Wildman–Crippen LogP) is 3.73. The fourth-order valence-corrected chi connectivity index (χ4v) is 3.47. The molecule has 0 N–H and O–H groups in total. The third-order valence-corrected chi connectivity index (χ3v) is 4.93. The number of aromatic nitrogens is 1. The average molecular weight is 413 g/mol. The summed E-state index contributed by atoms with van der Waals surface area (Å²) < 4.78 is 23.7. The fraction of sp³-hybridized carbons (Fsp3) is 0.391. The molecule has 0 atom stereocenters. The summed E-state index contributed by atoms with van der Waals surface area (Å²) >= 11 is 0. The number of fused-ring (bicyclic) bond motifs is 1. The standard InChI is InChI=1S/C23H27NO6/c1-5-8-24-15(2)11-18(16(24)3)19(25)14-30-22(26)7-6-17-12-20(27-4)23-21(13-17)28-9-10-29-23/h6-7,11-13H,5,8-10,14H2,1-4H3/b7-6+. The van der Waals surface area contributed by atoms with E-state index in [-0.39, 0.29) is 12.4 Å². The van der Waals surface area contributed by atoms with E-state index >= 15 is 0 Å². The van der Waals surface area contributed by atoms with Crippen LogP contribution >= 0.6 is 0 Å². The number of carbonyl (C=O) groups excluding carboxylic acids is 2. The van der Waals surface area contributed by atoms with Crippen molar-refractivity contribution in [1.29, 1.82) is 0 Å². The molecule has 2 aromatic rings. The van der Waals surface area contributed by atoms with E-state index in [1.165, 1.54) is 6.08 Å². The highest BCUT2D eigenvalue weighted by atomic mass is 16.6. The average Bonchev–Trinajstić information content (AvgIpc) is 3.04. The van der Waals surface area contributed by atoms with Crippen LogP contribution < -0.4 is 14.2 Å². The second kappa shape index (κ2) is 9.52. The third kappa shape index (κ3) is 4.67. The van der Waals surface area contributed by atoms with Crippen molar-refractivity contribution < 1.29 is 28.5 Å². The highest BCUT2D eigenvalue weighted by Crippen LogP contribution is 2.40. The van der Waals surface area contributed by atoms with Crippen LogP contribution in [0.3, 0.4) is 0 Å². The number of ketones is 1. The lowest BCUT2D eigenvalue weighted by Gasteiger charge is -2.20. The van der Waals surface area contributed by atoms with Crippen molar-refractivity contribution in [3.05, 3.63) is 46.8 Å². The number of aryl methyl sites for hydroxylation is 1. The van der Waals surface area contributed by atoms with Gasteiger partial charge in [-0.3, -0.25) is 4.79 Å². The van der Waals surface area contributed by atoms with Crippen molar-refractivity contribution in [2.45, 2.75) is 33.7 Å². The molecule has 0 bridgehead atoms. The van der Waals surface area contributed by atoms with Crippen molar-refractivity contribution in [2.75, 3.05) is 26.9 Å². The Bertz CT molecular complexity index is 955. The summed E-state index contributed by atoms with van der Waals surface area (Å²) in [6.07, 6.45) is 3.84. The smallest absolute Gasteiger partial charge is 0.331 e. The van der Waals surface area contributed by atoms with Gasteiger partial charge >= 0.3 is 5.97 Å². The van der Waals surface area contributed by atoms with Crippen LogP contribution in [0.15, 0.2) is 24.3 Å². The highest BCUT2D eigenvalue weighted by Gasteiger charge is 2.18. The molecule has 0 radical (unpaired) electrons. The van der Waals surface area contributed by atoms with Crippen LogP contribution in [0.2, 0.25) is 0 Å². The Morgan fingerprint density at radius 1 is 1.17 bits per heavy atom. The van der Waals surface area contributed by atoms with Gasteiger partial charge in [0, 0.05) is 29.6 Å². The number of nitrogens with zero attached hydrogens (tertiary/aromatic N) is 1. The normalized spacial score (nSPS) is 12.8. The summed E-state index contributed by atoms with van der Waals surface area (Å²) in [4.78, 5) is 24.6. The van der Waals surface area contributed by atoms with E-state index < -0.39 is 5.97 Å².